The molecular weight excluding hydrogens is 1030 g/mol. The van der Waals surface area contributed by atoms with Crippen LogP contribution in [0, 0.1) is 36.1 Å². The largest absolute Gasteiger partial charge is 1.00 e. The third-order valence-electron chi connectivity index (χ3n) is 11.1. The molecule has 0 N–H and O–H groups in total. The maximum atomic E-state index is 3.67. The van der Waals surface area contributed by atoms with Gasteiger partial charge in [-0.3, -0.25) is 12.2 Å². The number of rotatable bonds is 0. The molecule has 0 saturated carbocycles. The van der Waals surface area contributed by atoms with Crippen molar-refractivity contribution < 1.29 is 71.5 Å². The van der Waals surface area contributed by atoms with Gasteiger partial charge in [0.05, 0.1) is 0 Å². The van der Waals surface area contributed by atoms with Crippen LogP contribution in [0.2, 0.25) is 26.2 Å². The molecule has 4 aromatic rings. The molecule has 6 heteroatoms. The molecule has 0 bridgehead atoms. The third-order valence-corrected chi connectivity index (χ3v) is 11.1. The second-order valence-corrected chi connectivity index (χ2v) is 41.3. The van der Waals surface area contributed by atoms with Crippen molar-refractivity contribution in [2.75, 3.05) is 0 Å². The Balaban J connectivity index is 0.000000448. The molecule has 4 aromatic carbocycles. The van der Waals surface area contributed by atoms with Crippen LogP contribution in [0.5, 0.6) is 0 Å². The van der Waals surface area contributed by atoms with Crippen molar-refractivity contribution in [3.8, 4) is 22.3 Å². The summed E-state index contributed by atoms with van der Waals surface area (Å²) in [6, 6.07) is 30.3. The summed E-state index contributed by atoms with van der Waals surface area (Å²) in [4.78, 5) is 0. The summed E-state index contributed by atoms with van der Waals surface area (Å²) in [6.07, 6.45) is 17.0. The van der Waals surface area contributed by atoms with Gasteiger partial charge < -0.3 is 24.8 Å². The fourth-order valence-electron chi connectivity index (χ4n) is 7.54. The fourth-order valence-corrected chi connectivity index (χ4v) is 7.54. The van der Waals surface area contributed by atoms with Gasteiger partial charge in [0.2, 0.25) is 0 Å². The normalized spacial score (nSPS) is 15.8. The van der Waals surface area contributed by atoms with Gasteiger partial charge in [0.1, 0.15) is 0 Å². The Kier molecular flexibility index (Phi) is 25.4. The van der Waals surface area contributed by atoms with E-state index in [1.165, 1.54) is 77.9 Å². The number of hydrogen-bond donors (Lipinski definition) is 0. The number of halogens is 2. The average Bonchev–Trinajstić information content (AvgIpc) is 3.93. The van der Waals surface area contributed by atoms with Crippen LogP contribution in [-0.4, -0.2) is 10.9 Å². The zero-order valence-electron chi connectivity index (χ0n) is 44.4. The Morgan fingerprint density at radius 3 is 0.970 bits per heavy atom. The van der Waals surface area contributed by atoms with Gasteiger partial charge in [0, 0.05) is 0 Å². The zero-order chi connectivity index (χ0) is 48.5. The maximum Gasteiger partial charge on any atom is -1.00 e. The molecule has 0 nitrogen and oxygen atoms in total. The van der Waals surface area contributed by atoms with Crippen LogP contribution in [0.15, 0.2) is 96.1 Å². The van der Waals surface area contributed by atoms with Crippen LogP contribution in [0.1, 0.15) is 155 Å². The van der Waals surface area contributed by atoms with E-state index in [1.807, 2.05) is 0 Å². The van der Waals surface area contributed by atoms with E-state index in [0.29, 0.717) is 11.8 Å². The molecule has 0 heterocycles. The van der Waals surface area contributed by atoms with Crippen LogP contribution in [0.3, 0.4) is 0 Å². The second kappa shape index (κ2) is 26.7. The summed E-state index contributed by atoms with van der Waals surface area (Å²) in [5, 5.41) is 0. The Labute approximate surface area is 448 Å². The first-order valence-corrected chi connectivity index (χ1v) is 35.7. The molecule has 0 fully saturated rings. The molecule has 0 amide bonds. The Hall–Kier alpha value is -1.38. The van der Waals surface area contributed by atoms with E-state index >= 15 is 0 Å². The van der Waals surface area contributed by atoms with Gasteiger partial charge in [-0.25, -0.2) is 23.3 Å². The molecule has 0 aliphatic heterocycles. The molecule has 352 valence electrons. The summed E-state index contributed by atoms with van der Waals surface area (Å²) >= 11 is 3.48. The molecule has 0 radical (unpaired) electrons. The van der Waals surface area contributed by atoms with Crippen LogP contribution in [-0.2, 0) is 81.2 Å². The SMILES string of the molecule is CC(C)(C)c1[c-]c2c(cc1)-c1ccc(C(C)(C)C)cc1C2.CC(C)(C)c1[c-]c2c(cc1)-c1ccc(C(C)(C)C)cc1C2.CC1=[C-]C(C)C=C1.CC1=[C-]C(C)C=C1.C[Si](C)=[Zr+2].C[Si](C)=[Zr+2].[Cl-].[Cl-]. The predicted molar refractivity (Wildman–Crippen MR) is 278 cm³/mol. The quantitative estimate of drug-likeness (QED) is 0.105. The molecule has 4 aliphatic rings. The second-order valence-electron chi connectivity index (χ2n) is 22.6. The summed E-state index contributed by atoms with van der Waals surface area (Å²) in [7, 11) is 0. The number of fused-ring (bicyclic) bond motifs is 6. The van der Waals surface area contributed by atoms with Crippen LogP contribution >= 0.6 is 0 Å². The van der Waals surface area contributed by atoms with E-state index in [0.717, 1.165) is 12.8 Å². The van der Waals surface area contributed by atoms with E-state index < -0.39 is 0 Å². The number of allylic oxidation sites excluding steroid dienone is 8. The standard InChI is InChI=1S/2C21H25.2C7H9.2C2H6Si.2ClH.2Zr/c2*1-20(2,3)16-7-9-18-14(12-16)11-15-13-17(21(4,5)6)8-10-19(15)18;2*1-6-3-4-7(2)5-6;2*1-3-2;;;;/h2*7-10,12H,11H2,1-6H3;2*3-4,6H,1-2H3;2*1-2H3;2*1H;;/q4*-1;;;;;2*+2/p-2. The molecular formula is C60H80Cl2Si2Zr2-2. The van der Waals surface area contributed by atoms with Crippen LogP contribution < -0.4 is 24.8 Å². The van der Waals surface area contributed by atoms with E-state index in [-0.39, 0.29) is 57.3 Å². The topological polar surface area (TPSA) is 0 Å². The number of hydrogen-bond acceptors (Lipinski definition) is 0. The smallest absolute Gasteiger partial charge is 1.00 e. The van der Waals surface area contributed by atoms with E-state index in [1.54, 1.807) is 46.7 Å². The molecule has 0 saturated heterocycles. The molecule has 66 heavy (non-hydrogen) atoms. The van der Waals surface area contributed by atoms with Crippen molar-refractivity contribution in [1.29, 1.82) is 0 Å². The predicted octanol–water partition coefficient (Wildman–Crippen LogP) is 10.8. The van der Waals surface area contributed by atoms with Gasteiger partial charge in [0.15, 0.2) is 0 Å². The van der Waals surface area contributed by atoms with E-state index in [4.69, 9.17) is 0 Å². The molecule has 4 aliphatic carbocycles. The van der Waals surface area contributed by atoms with E-state index in [9.17, 15) is 0 Å². The molecule has 2 unspecified atom stereocenters. The summed E-state index contributed by atoms with van der Waals surface area (Å²) in [6.45, 7) is 44.8. The summed E-state index contributed by atoms with van der Waals surface area (Å²) in [5.74, 6) is 1.11. The van der Waals surface area contributed by atoms with Crippen molar-refractivity contribution in [2.45, 2.75) is 171 Å². The minimum atomic E-state index is 0. The van der Waals surface area contributed by atoms with Crippen LogP contribution in [0.4, 0.5) is 0 Å². The Morgan fingerprint density at radius 1 is 0.470 bits per heavy atom. The van der Waals surface area contributed by atoms with Crippen molar-refractivity contribution in [3.63, 3.8) is 0 Å². The Morgan fingerprint density at radius 2 is 0.758 bits per heavy atom. The fraction of sp³-hybridized carbons (Fsp3) is 0.467. The summed E-state index contributed by atoms with van der Waals surface area (Å²) < 4.78 is 0. The van der Waals surface area contributed by atoms with Crippen molar-refractivity contribution in [1.82, 2.24) is 0 Å². The average molecular weight is 1110 g/mol. The monoisotopic (exact) mass is 1110 g/mol. The first-order chi connectivity index (χ1) is 29.4. The zero-order valence-corrected chi connectivity index (χ0v) is 52.8. The minimum absolute atomic E-state index is 0. The molecule has 0 aromatic heterocycles. The first kappa shape index (κ1) is 62.6. The van der Waals surface area contributed by atoms with Crippen molar-refractivity contribution >= 4 is 10.9 Å². The van der Waals surface area contributed by atoms with Crippen LogP contribution in [0.25, 0.3) is 22.3 Å². The minimum Gasteiger partial charge on any atom is -1.00 e. The van der Waals surface area contributed by atoms with Gasteiger partial charge in [-0.2, -0.15) is 59.7 Å². The first-order valence-electron chi connectivity index (χ1n) is 23.4. The van der Waals surface area contributed by atoms with Gasteiger partial charge >= 0.3 is 83.7 Å². The maximum absolute atomic E-state index is 3.67. The summed E-state index contributed by atoms with van der Waals surface area (Å²) in [5.41, 5.74) is 20.4. The van der Waals surface area contributed by atoms with Gasteiger partial charge in [-0.05, 0) is 56.8 Å². The van der Waals surface area contributed by atoms with Crippen molar-refractivity contribution in [2.24, 2.45) is 11.8 Å². The van der Waals surface area contributed by atoms with Gasteiger partial charge in [-0.15, -0.1) is 22.3 Å². The molecule has 8 rings (SSSR count). The van der Waals surface area contributed by atoms with Gasteiger partial charge in [-0.1, -0.05) is 170 Å². The van der Waals surface area contributed by atoms with E-state index in [2.05, 4.69) is 246 Å². The number of benzene rings is 4. The Bertz CT molecular complexity index is 2100. The molecule has 0 spiro atoms. The van der Waals surface area contributed by atoms with Gasteiger partial charge in [0.25, 0.3) is 0 Å². The van der Waals surface area contributed by atoms with Crippen molar-refractivity contribution in [3.05, 3.63) is 165 Å². The third kappa shape index (κ3) is 20.2. The molecule has 2 atom stereocenters.